The maximum atomic E-state index is 9.95. The molecule has 2 aromatic rings. The van der Waals surface area contributed by atoms with Crippen LogP contribution in [0.25, 0.3) is 0 Å². The third-order valence-corrected chi connectivity index (χ3v) is 3.14. The first-order valence-electron chi connectivity index (χ1n) is 6.58. The Labute approximate surface area is 119 Å². The van der Waals surface area contributed by atoms with Crippen molar-refractivity contribution in [3.8, 4) is 5.75 Å². The Morgan fingerprint density at radius 3 is 2.65 bits per heavy atom. The number of aromatic nitrogens is 1. The largest absolute Gasteiger partial charge is 0.497 e. The molecule has 0 saturated heterocycles. The molecule has 0 aliphatic carbocycles. The number of rotatable bonds is 4. The summed E-state index contributed by atoms with van der Waals surface area (Å²) in [5.74, 6) is 0.788. The van der Waals surface area contributed by atoms with Gasteiger partial charge >= 0.3 is 0 Å². The number of hydrogen-bond donors (Lipinski definition) is 2. The summed E-state index contributed by atoms with van der Waals surface area (Å²) in [6, 6.07) is 9.62. The van der Waals surface area contributed by atoms with Gasteiger partial charge in [-0.25, -0.2) is 0 Å². The molecule has 0 spiro atoms. The average Bonchev–Trinajstić information content (AvgIpc) is 2.37. The zero-order valence-electron chi connectivity index (χ0n) is 12.3. The van der Waals surface area contributed by atoms with Crippen LogP contribution in [0.4, 0.5) is 11.4 Å². The molecular weight excluding hydrogens is 252 g/mol. The Bertz CT molecular complexity index is 609. The number of methoxy groups -OCH3 is 1. The van der Waals surface area contributed by atoms with Crippen LogP contribution in [-0.2, 0) is 0 Å². The molecular formula is C16H20N2O2. The van der Waals surface area contributed by atoms with Gasteiger partial charge in [0.2, 0.25) is 0 Å². The molecule has 2 N–H and O–H groups in total. The third kappa shape index (κ3) is 3.08. The van der Waals surface area contributed by atoms with E-state index in [1.54, 1.807) is 14.0 Å². The highest BCUT2D eigenvalue weighted by atomic mass is 16.5. The summed E-state index contributed by atoms with van der Waals surface area (Å²) in [5.41, 5.74) is 4.36. The van der Waals surface area contributed by atoms with E-state index < -0.39 is 6.10 Å². The first kappa shape index (κ1) is 14.3. The smallest absolute Gasteiger partial charge is 0.120 e. The van der Waals surface area contributed by atoms with E-state index in [2.05, 4.69) is 10.3 Å². The molecule has 0 aliphatic rings. The summed E-state index contributed by atoms with van der Waals surface area (Å²) in [6.07, 6.45) is -0.573. The summed E-state index contributed by atoms with van der Waals surface area (Å²) in [7, 11) is 1.64. The predicted molar refractivity (Wildman–Crippen MR) is 80.6 cm³/mol. The molecule has 1 aromatic carbocycles. The Kier molecular flexibility index (Phi) is 4.25. The summed E-state index contributed by atoms with van der Waals surface area (Å²) in [5, 5.41) is 13.3. The van der Waals surface area contributed by atoms with E-state index in [1.807, 2.05) is 44.2 Å². The summed E-state index contributed by atoms with van der Waals surface area (Å²) >= 11 is 0. The molecule has 0 fully saturated rings. The molecule has 0 saturated carbocycles. The molecule has 4 heteroatoms. The van der Waals surface area contributed by atoms with Crippen molar-refractivity contribution in [3.05, 3.63) is 47.3 Å². The maximum Gasteiger partial charge on any atom is 0.120 e. The van der Waals surface area contributed by atoms with E-state index >= 15 is 0 Å². The summed E-state index contributed by atoms with van der Waals surface area (Å²) in [4.78, 5) is 4.41. The Hall–Kier alpha value is -2.07. The SMILES string of the molecule is COc1cccc(Nc2cc(C)nc(C)c2[C@H](C)O)c1. The number of aryl methyl sites for hydroxylation is 2. The van der Waals surface area contributed by atoms with E-state index in [9.17, 15) is 5.11 Å². The van der Waals surface area contributed by atoms with Crippen LogP contribution in [-0.4, -0.2) is 17.2 Å². The number of nitrogens with one attached hydrogen (secondary N) is 1. The fraction of sp³-hybridized carbons (Fsp3) is 0.312. The van der Waals surface area contributed by atoms with Crippen LogP contribution in [0, 0.1) is 13.8 Å². The van der Waals surface area contributed by atoms with Crippen LogP contribution >= 0.6 is 0 Å². The first-order chi connectivity index (χ1) is 9.51. The summed E-state index contributed by atoms with van der Waals surface area (Å²) < 4.78 is 5.22. The lowest BCUT2D eigenvalue weighted by Crippen LogP contribution is -2.05. The van der Waals surface area contributed by atoms with Crippen molar-refractivity contribution in [1.29, 1.82) is 0 Å². The Morgan fingerprint density at radius 2 is 2.00 bits per heavy atom. The van der Waals surface area contributed by atoms with Crippen LogP contribution in [0.2, 0.25) is 0 Å². The molecule has 2 rings (SSSR count). The molecule has 20 heavy (non-hydrogen) atoms. The van der Waals surface area contributed by atoms with E-state index in [0.717, 1.165) is 34.1 Å². The molecule has 1 heterocycles. The number of benzene rings is 1. The van der Waals surface area contributed by atoms with Crippen LogP contribution in [0.3, 0.4) is 0 Å². The number of pyridine rings is 1. The van der Waals surface area contributed by atoms with E-state index in [0.29, 0.717) is 0 Å². The summed E-state index contributed by atoms with van der Waals surface area (Å²) in [6.45, 7) is 5.59. The van der Waals surface area contributed by atoms with Crippen molar-refractivity contribution in [3.63, 3.8) is 0 Å². The molecule has 4 nitrogen and oxygen atoms in total. The Balaban J connectivity index is 2.41. The van der Waals surface area contributed by atoms with Gasteiger partial charge in [0, 0.05) is 34.4 Å². The number of ether oxygens (including phenoxy) is 1. The van der Waals surface area contributed by atoms with Gasteiger partial charge in [-0.3, -0.25) is 4.98 Å². The minimum atomic E-state index is -0.573. The standard InChI is InChI=1S/C16H20N2O2/c1-10-8-15(16(12(3)19)11(2)17-10)18-13-6-5-7-14(9-13)20-4/h5-9,12,19H,1-4H3,(H,17,18)/t12-/m0/s1. The molecule has 0 amide bonds. The second kappa shape index (κ2) is 5.92. The number of hydrogen-bond acceptors (Lipinski definition) is 4. The highest BCUT2D eigenvalue weighted by Crippen LogP contribution is 2.29. The predicted octanol–water partition coefficient (Wildman–Crippen LogP) is 3.50. The van der Waals surface area contributed by atoms with Gasteiger partial charge in [-0.15, -0.1) is 0 Å². The fourth-order valence-corrected chi connectivity index (χ4v) is 2.33. The number of anilines is 2. The normalized spacial score (nSPS) is 12.1. The van der Waals surface area contributed by atoms with Gasteiger partial charge < -0.3 is 15.2 Å². The van der Waals surface area contributed by atoms with Crippen molar-refractivity contribution in [2.45, 2.75) is 26.9 Å². The molecule has 106 valence electrons. The second-order valence-corrected chi connectivity index (χ2v) is 4.84. The highest BCUT2D eigenvalue weighted by molar-refractivity contribution is 5.66. The first-order valence-corrected chi connectivity index (χ1v) is 6.58. The van der Waals surface area contributed by atoms with Crippen LogP contribution in [0.1, 0.15) is 30.0 Å². The van der Waals surface area contributed by atoms with Gasteiger partial charge in [0.25, 0.3) is 0 Å². The highest BCUT2D eigenvalue weighted by Gasteiger charge is 2.13. The average molecular weight is 272 g/mol. The topological polar surface area (TPSA) is 54.4 Å². The van der Waals surface area contributed by atoms with E-state index in [4.69, 9.17) is 4.74 Å². The molecule has 1 atom stereocenters. The van der Waals surface area contributed by atoms with Crippen molar-refractivity contribution in [2.24, 2.45) is 0 Å². The number of nitrogens with zero attached hydrogens (tertiary/aromatic N) is 1. The third-order valence-electron chi connectivity index (χ3n) is 3.14. The van der Waals surface area contributed by atoms with Crippen molar-refractivity contribution in [2.75, 3.05) is 12.4 Å². The molecule has 1 aromatic heterocycles. The van der Waals surface area contributed by atoms with Crippen LogP contribution < -0.4 is 10.1 Å². The molecule has 0 unspecified atom stereocenters. The van der Waals surface area contributed by atoms with E-state index in [-0.39, 0.29) is 0 Å². The second-order valence-electron chi connectivity index (χ2n) is 4.84. The van der Waals surface area contributed by atoms with Gasteiger partial charge in [0.1, 0.15) is 5.75 Å². The molecule has 0 bridgehead atoms. The van der Waals surface area contributed by atoms with Gasteiger partial charge in [-0.1, -0.05) is 6.07 Å². The van der Waals surface area contributed by atoms with Crippen molar-refractivity contribution in [1.82, 2.24) is 4.98 Å². The zero-order chi connectivity index (χ0) is 14.7. The van der Waals surface area contributed by atoms with Crippen molar-refractivity contribution >= 4 is 11.4 Å². The quantitative estimate of drug-likeness (QED) is 0.894. The fourth-order valence-electron chi connectivity index (χ4n) is 2.33. The minimum absolute atomic E-state index is 0.573. The molecule has 0 radical (unpaired) electrons. The van der Waals surface area contributed by atoms with Gasteiger partial charge in [0.15, 0.2) is 0 Å². The minimum Gasteiger partial charge on any atom is -0.497 e. The maximum absolute atomic E-state index is 9.95. The monoisotopic (exact) mass is 272 g/mol. The van der Waals surface area contributed by atoms with Gasteiger partial charge in [0.05, 0.1) is 13.2 Å². The lowest BCUT2D eigenvalue weighted by atomic mass is 10.1. The zero-order valence-corrected chi connectivity index (χ0v) is 12.3. The van der Waals surface area contributed by atoms with E-state index in [1.165, 1.54) is 0 Å². The van der Waals surface area contributed by atoms with Crippen LogP contribution in [0.5, 0.6) is 5.75 Å². The Morgan fingerprint density at radius 1 is 1.25 bits per heavy atom. The van der Waals surface area contributed by atoms with Crippen LogP contribution in [0.15, 0.2) is 30.3 Å². The lowest BCUT2D eigenvalue weighted by molar-refractivity contribution is 0.199. The van der Waals surface area contributed by atoms with Gasteiger partial charge in [-0.05, 0) is 39.0 Å². The van der Waals surface area contributed by atoms with Gasteiger partial charge in [-0.2, -0.15) is 0 Å². The molecule has 0 aliphatic heterocycles. The lowest BCUT2D eigenvalue weighted by Gasteiger charge is -2.17. The number of aliphatic hydroxyl groups is 1. The van der Waals surface area contributed by atoms with Crippen molar-refractivity contribution < 1.29 is 9.84 Å². The number of aliphatic hydroxyl groups excluding tert-OH is 1.